The zero-order valence-electron chi connectivity index (χ0n) is 12.5. The third-order valence-corrected chi connectivity index (χ3v) is 5.69. The van der Waals surface area contributed by atoms with E-state index >= 15 is 0 Å². The van der Waals surface area contributed by atoms with E-state index in [1.54, 1.807) is 4.31 Å². The second kappa shape index (κ2) is 6.24. The molecule has 1 heterocycles. The lowest BCUT2D eigenvalue weighted by Crippen LogP contribution is -2.28. The van der Waals surface area contributed by atoms with Crippen LogP contribution >= 0.6 is 0 Å². The van der Waals surface area contributed by atoms with Gasteiger partial charge in [0.15, 0.2) is 0 Å². The third-order valence-electron chi connectivity index (χ3n) is 3.65. The van der Waals surface area contributed by atoms with Crippen molar-refractivity contribution in [3.05, 3.63) is 29.3 Å². The fourth-order valence-electron chi connectivity index (χ4n) is 2.42. The van der Waals surface area contributed by atoms with E-state index in [0.29, 0.717) is 30.6 Å². The first-order valence-electron chi connectivity index (χ1n) is 7.24. The van der Waals surface area contributed by atoms with Crippen LogP contribution in [0.25, 0.3) is 0 Å². The van der Waals surface area contributed by atoms with Crippen molar-refractivity contribution in [1.82, 2.24) is 9.62 Å². The summed E-state index contributed by atoms with van der Waals surface area (Å²) in [7, 11) is -3.32. The van der Waals surface area contributed by atoms with Crippen LogP contribution in [0, 0.1) is 6.92 Å². The van der Waals surface area contributed by atoms with Crippen LogP contribution in [-0.2, 0) is 16.6 Å². The summed E-state index contributed by atoms with van der Waals surface area (Å²) in [6.45, 7) is 8.02. The van der Waals surface area contributed by atoms with Crippen molar-refractivity contribution in [3.8, 4) is 0 Å². The molecule has 1 aromatic rings. The molecule has 0 radical (unpaired) electrons. The monoisotopic (exact) mass is 296 g/mol. The highest BCUT2D eigenvalue weighted by atomic mass is 32.2. The summed E-state index contributed by atoms with van der Waals surface area (Å²) in [5, 5.41) is 3.32. The van der Waals surface area contributed by atoms with Gasteiger partial charge in [0.1, 0.15) is 0 Å². The minimum absolute atomic E-state index is 0.384. The Kier molecular flexibility index (Phi) is 4.83. The molecule has 0 aromatic heterocycles. The van der Waals surface area contributed by atoms with E-state index in [-0.39, 0.29) is 0 Å². The molecule has 0 bridgehead atoms. The molecule has 1 saturated heterocycles. The van der Waals surface area contributed by atoms with Crippen LogP contribution in [0.5, 0.6) is 0 Å². The molecule has 1 N–H and O–H groups in total. The Morgan fingerprint density at radius 1 is 1.25 bits per heavy atom. The predicted octanol–water partition coefficient (Wildman–Crippen LogP) is 2.28. The van der Waals surface area contributed by atoms with Crippen molar-refractivity contribution in [2.24, 2.45) is 0 Å². The van der Waals surface area contributed by atoms with Gasteiger partial charge in [-0.1, -0.05) is 26.0 Å². The summed E-state index contributed by atoms with van der Waals surface area (Å²) in [4.78, 5) is 0.461. The maximum Gasteiger partial charge on any atom is 0.243 e. The molecular weight excluding hydrogens is 272 g/mol. The molecule has 0 amide bonds. The van der Waals surface area contributed by atoms with E-state index in [1.165, 1.54) is 0 Å². The lowest BCUT2D eigenvalue weighted by atomic mass is 10.1. The number of rotatable bonds is 5. The van der Waals surface area contributed by atoms with Crippen LogP contribution in [0.15, 0.2) is 23.1 Å². The highest BCUT2D eigenvalue weighted by molar-refractivity contribution is 7.89. The lowest BCUT2D eigenvalue weighted by molar-refractivity contribution is 0.477. The SMILES string of the molecule is Cc1ccc(CNC(C)C)cc1S(=O)(=O)N1CCCC1. The number of hydrogen-bond donors (Lipinski definition) is 1. The van der Waals surface area contributed by atoms with Gasteiger partial charge in [0, 0.05) is 25.7 Å². The van der Waals surface area contributed by atoms with Gasteiger partial charge >= 0.3 is 0 Å². The van der Waals surface area contributed by atoms with Gasteiger partial charge in [0.05, 0.1) is 4.90 Å². The number of sulfonamides is 1. The molecule has 0 atom stereocenters. The maximum atomic E-state index is 12.7. The molecule has 1 aliphatic heterocycles. The molecule has 0 spiro atoms. The largest absolute Gasteiger partial charge is 0.310 e. The Labute approximate surface area is 122 Å². The fraction of sp³-hybridized carbons (Fsp3) is 0.600. The molecule has 0 aliphatic carbocycles. The van der Waals surface area contributed by atoms with Crippen LogP contribution < -0.4 is 5.32 Å². The predicted molar refractivity (Wildman–Crippen MR) is 81.1 cm³/mol. The van der Waals surface area contributed by atoms with Gasteiger partial charge < -0.3 is 5.32 Å². The first-order chi connectivity index (χ1) is 9.41. The molecular formula is C15H24N2O2S. The summed E-state index contributed by atoms with van der Waals surface area (Å²) in [6.07, 6.45) is 1.93. The second-order valence-corrected chi connectivity index (χ2v) is 7.65. The third kappa shape index (κ3) is 3.40. The van der Waals surface area contributed by atoms with Gasteiger partial charge in [0.25, 0.3) is 0 Å². The molecule has 0 saturated carbocycles. The van der Waals surface area contributed by atoms with Crippen LogP contribution in [0.4, 0.5) is 0 Å². The van der Waals surface area contributed by atoms with Gasteiger partial charge in [-0.3, -0.25) is 0 Å². The van der Waals surface area contributed by atoms with Crippen molar-refractivity contribution < 1.29 is 8.42 Å². The lowest BCUT2D eigenvalue weighted by Gasteiger charge is -2.18. The summed E-state index contributed by atoms with van der Waals surface area (Å²) < 4.78 is 26.9. The zero-order chi connectivity index (χ0) is 14.8. The van der Waals surface area contributed by atoms with Crippen molar-refractivity contribution in [3.63, 3.8) is 0 Å². The van der Waals surface area contributed by atoms with Crippen molar-refractivity contribution in [2.45, 2.75) is 51.1 Å². The molecule has 2 rings (SSSR count). The van der Waals surface area contributed by atoms with E-state index in [2.05, 4.69) is 19.2 Å². The molecule has 5 heteroatoms. The maximum absolute atomic E-state index is 12.7. The van der Waals surface area contributed by atoms with E-state index in [0.717, 1.165) is 24.0 Å². The number of hydrogen-bond acceptors (Lipinski definition) is 3. The first-order valence-corrected chi connectivity index (χ1v) is 8.68. The highest BCUT2D eigenvalue weighted by Gasteiger charge is 2.28. The molecule has 1 aromatic carbocycles. The normalized spacial score (nSPS) is 17.0. The van der Waals surface area contributed by atoms with Gasteiger partial charge in [0.2, 0.25) is 10.0 Å². The summed E-state index contributed by atoms with van der Waals surface area (Å²) in [6, 6.07) is 6.10. The molecule has 112 valence electrons. The Hall–Kier alpha value is -0.910. The van der Waals surface area contributed by atoms with E-state index in [4.69, 9.17) is 0 Å². The number of nitrogens with one attached hydrogen (secondary N) is 1. The van der Waals surface area contributed by atoms with E-state index in [9.17, 15) is 8.42 Å². The van der Waals surface area contributed by atoms with Crippen LogP contribution in [0.3, 0.4) is 0 Å². The Morgan fingerprint density at radius 2 is 1.90 bits per heavy atom. The molecule has 1 fully saturated rings. The minimum Gasteiger partial charge on any atom is -0.310 e. The highest BCUT2D eigenvalue weighted by Crippen LogP contribution is 2.24. The van der Waals surface area contributed by atoms with Crippen LogP contribution in [-0.4, -0.2) is 31.9 Å². The summed E-state index contributed by atoms with van der Waals surface area (Å²) in [5.74, 6) is 0. The number of nitrogens with zero attached hydrogens (tertiary/aromatic N) is 1. The molecule has 20 heavy (non-hydrogen) atoms. The molecule has 4 nitrogen and oxygen atoms in total. The Morgan fingerprint density at radius 3 is 2.50 bits per heavy atom. The molecule has 0 unspecified atom stereocenters. The Bertz CT molecular complexity index is 561. The van der Waals surface area contributed by atoms with Crippen molar-refractivity contribution in [2.75, 3.05) is 13.1 Å². The van der Waals surface area contributed by atoms with Gasteiger partial charge in [-0.25, -0.2) is 8.42 Å². The Balaban J connectivity index is 2.28. The average Bonchev–Trinajstić information content (AvgIpc) is 2.92. The molecule has 1 aliphatic rings. The number of benzene rings is 1. The van der Waals surface area contributed by atoms with Gasteiger partial charge in [-0.15, -0.1) is 0 Å². The van der Waals surface area contributed by atoms with Gasteiger partial charge in [-0.2, -0.15) is 4.31 Å². The smallest absolute Gasteiger partial charge is 0.243 e. The topological polar surface area (TPSA) is 49.4 Å². The quantitative estimate of drug-likeness (QED) is 0.907. The first kappa shape index (κ1) is 15.5. The average molecular weight is 296 g/mol. The standard InChI is InChI=1S/C15H24N2O2S/c1-12(2)16-11-14-7-6-13(3)15(10-14)20(18,19)17-8-4-5-9-17/h6-7,10,12,16H,4-5,8-9,11H2,1-3H3. The summed E-state index contributed by atoms with van der Waals surface area (Å²) in [5.41, 5.74) is 1.84. The van der Waals surface area contributed by atoms with Crippen LogP contribution in [0.2, 0.25) is 0 Å². The number of aryl methyl sites for hydroxylation is 1. The van der Waals surface area contributed by atoms with E-state index < -0.39 is 10.0 Å². The minimum atomic E-state index is -3.32. The van der Waals surface area contributed by atoms with E-state index in [1.807, 2.05) is 25.1 Å². The van der Waals surface area contributed by atoms with Crippen LogP contribution in [0.1, 0.15) is 37.8 Å². The van der Waals surface area contributed by atoms with Crippen molar-refractivity contribution in [1.29, 1.82) is 0 Å². The van der Waals surface area contributed by atoms with Gasteiger partial charge in [-0.05, 0) is 37.0 Å². The van der Waals surface area contributed by atoms with Crippen molar-refractivity contribution >= 4 is 10.0 Å². The zero-order valence-corrected chi connectivity index (χ0v) is 13.3. The second-order valence-electron chi connectivity index (χ2n) is 5.75. The summed E-state index contributed by atoms with van der Waals surface area (Å²) >= 11 is 0. The fourth-order valence-corrected chi connectivity index (χ4v) is 4.21.